The van der Waals surface area contributed by atoms with Crippen molar-refractivity contribution in [2.24, 2.45) is 7.05 Å². The maximum absolute atomic E-state index is 14.2. The molecule has 5 aromatic rings. The second kappa shape index (κ2) is 9.63. The second-order valence-corrected chi connectivity index (χ2v) is 8.27. The van der Waals surface area contributed by atoms with Crippen molar-refractivity contribution in [1.29, 1.82) is 0 Å². The summed E-state index contributed by atoms with van der Waals surface area (Å²) in [5.74, 6) is 0.722. The highest BCUT2D eigenvalue weighted by molar-refractivity contribution is 6.33. The quantitative estimate of drug-likeness (QED) is 0.288. The van der Waals surface area contributed by atoms with Crippen molar-refractivity contribution in [3.05, 3.63) is 89.7 Å². The van der Waals surface area contributed by atoms with Crippen LogP contribution in [0.1, 0.15) is 10.5 Å². The van der Waals surface area contributed by atoms with Crippen molar-refractivity contribution in [1.82, 2.24) is 24.8 Å². The number of halogens is 2. The summed E-state index contributed by atoms with van der Waals surface area (Å²) in [6.45, 7) is 0. The molecule has 8 nitrogen and oxygen atoms in total. The molecule has 0 aliphatic carbocycles. The molecule has 0 spiro atoms. The molecule has 2 N–H and O–H groups in total. The maximum atomic E-state index is 14.2. The average Bonchev–Trinajstić information content (AvgIpc) is 3.19. The number of aromatic nitrogens is 4. The van der Waals surface area contributed by atoms with Crippen molar-refractivity contribution in [3.63, 3.8) is 0 Å². The van der Waals surface area contributed by atoms with Crippen molar-refractivity contribution in [2.45, 2.75) is 0 Å². The van der Waals surface area contributed by atoms with Gasteiger partial charge in [0, 0.05) is 60.5 Å². The molecule has 0 atom stereocenters. The first-order chi connectivity index (χ1) is 17.4. The van der Waals surface area contributed by atoms with E-state index in [9.17, 15) is 9.18 Å². The van der Waals surface area contributed by atoms with E-state index in [4.69, 9.17) is 16.3 Å². The fourth-order valence-electron chi connectivity index (χ4n) is 3.74. The molecule has 0 radical (unpaired) electrons. The van der Waals surface area contributed by atoms with Gasteiger partial charge in [-0.2, -0.15) is 4.39 Å². The minimum atomic E-state index is -0.594. The number of nitrogens with zero attached hydrogens (tertiary/aromatic N) is 4. The third-order valence-corrected chi connectivity index (χ3v) is 5.88. The molecule has 3 heterocycles. The van der Waals surface area contributed by atoms with Gasteiger partial charge in [-0.25, -0.2) is 9.97 Å². The topological polar surface area (TPSA) is 94.0 Å². The number of benzene rings is 2. The summed E-state index contributed by atoms with van der Waals surface area (Å²) in [6.07, 6.45) is 2.90. The molecular formula is C26H20ClFN6O2. The van der Waals surface area contributed by atoms with Crippen LogP contribution in [0.25, 0.3) is 22.2 Å². The lowest BCUT2D eigenvalue weighted by molar-refractivity contribution is 0.0958. The van der Waals surface area contributed by atoms with Crippen LogP contribution in [0.4, 0.5) is 16.0 Å². The molecule has 0 aliphatic heterocycles. The Morgan fingerprint density at radius 2 is 1.83 bits per heavy atom. The molecule has 0 saturated carbocycles. The number of carbonyl (C=O) groups is 1. The molecular weight excluding hydrogens is 483 g/mol. The molecule has 0 unspecified atom stereocenters. The Balaban J connectivity index is 1.42. The SMILES string of the molecule is CNC(=O)c1cc(Oc2ccc3c(c2)nc(Nc2ccc(Cl)c(-c4cccnc4F)c2)n3C)ccn1. The Hall–Kier alpha value is -4.50. The molecule has 0 fully saturated rings. The van der Waals surface area contributed by atoms with Gasteiger partial charge < -0.3 is 19.9 Å². The Labute approximate surface area is 210 Å². The molecule has 0 saturated heterocycles. The maximum Gasteiger partial charge on any atom is 0.269 e. The van der Waals surface area contributed by atoms with Gasteiger partial charge in [0.25, 0.3) is 5.91 Å². The zero-order valence-corrected chi connectivity index (χ0v) is 20.0. The van der Waals surface area contributed by atoms with Crippen LogP contribution >= 0.6 is 11.6 Å². The predicted octanol–water partition coefficient (Wildman–Crippen LogP) is 5.72. The van der Waals surface area contributed by atoms with Crippen LogP contribution in [0.2, 0.25) is 5.02 Å². The van der Waals surface area contributed by atoms with E-state index in [1.54, 1.807) is 55.6 Å². The first-order valence-electron chi connectivity index (χ1n) is 10.9. The van der Waals surface area contributed by atoms with Gasteiger partial charge in [0.15, 0.2) is 0 Å². The Morgan fingerprint density at radius 3 is 2.64 bits per heavy atom. The molecule has 5 rings (SSSR count). The van der Waals surface area contributed by atoms with E-state index < -0.39 is 5.95 Å². The van der Waals surface area contributed by atoms with Gasteiger partial charge in [-0.15, -0.1) is 0 Å². The number of fused-ring (bicyclic) bond motifs is 1. The summed E-state index contributed by atoms with van der Waals surface area (Å²) < 4.78 is 22.1. The molecule has 2 aromatic carbocycles. The summed E-state index contributed by atoms with van der Waals surface area (Å²) in [7, 11) is 3.43. The lowest BCUT2D eigenvalue weighted by atomic mass is 10.1. The van der Waals surface area contributed by atoms with Gasteiger partial charge in [0.1, 0.15) is 17.2 Å². The highest BCUT2D eigenvalue weighted by Gasteiger charge is 2.14. The van der Waals surface area contributed by atoms with E-state index in [1.165, 1.54) is 12.4 Å². The molecule has 3 aromatic heterocycles. The lowest BCUT2D eigenvalue weighted by Gasteiger charge is -2.10. The van der Waals surface area contributed by atoms with Crippen LogP contribution in [-0.4, -0.2) is 32.5 Å². The smallest absolute Gasteiger partial charge is 0.269 e. The summed E-state index contributed by atoms with van der Waals surface area (Å²) >= 11 is 6.34. The molecule has 1 amide bonds. The summed E-state index contributed by atoms with van der Waals surface area (Å²) in [5, 5.41) is 6.22. The number of ether oxygens (including phenoxy) is 1. The van der Waals surface area contributed by atoms with Crippen LogP contribution in [0.5, 0.6) is 11.5 Å². The number of imidazole rings is 1. The molecule has 0 bridgehead atoms. The van der Waals surface area contributed by atoms with E-state index in [1.807, 2.05) is 23.7 Å². The number of rotatable bonds is 6. The highest BCUT2D eigenvalue weighted by atomic mass is 35.5. The summed E-state index contributed by atoms with van der Waals surface area (Å²) in [4.78, 5) is 24.3. The second-order valence-electron chi connectivity index (χ2n) is 7.86. The van der Waals surface area contributed by atoms with E-state index >= 15 is 0 Å². The van der Waals surface area contributed by atoms with Gasteiger partial charge in [-0.3, -0.25) is 9.78 Å². The third kappa shape index (κ3) is 4.56. The first kappa shape index (κ1) is 23.3. The van der Waals surface area contributed by atoms with Gasteiger partial charge in [-0.1, -0.05) is 11.6 Å². The monoisotopic (exact) mass is 502 g/mol. The van der Waals surface area contributed by atoms with Gasteiger partial charge in [0.2, 0.25) is 11.9 Å². The van der Waals surface area contributed by atoms with Crippen molar-refractivity contribution >= 4 is 40.2 Å². The Kier molecular flexibility index (Phi) is 6.22. The van der Waals surface area contributed by atoms with E-state index in [0.717, 1.165) is 5.52 Å². The number of anilines is 2. The van der Waals surface area contributed by atoms with Crippen molar-refractivity contribution < 1.29 is 13.9 Å². The van der Waals surface area contributed by atoms with Gasteiger partial charge >= 0.3 is 0 Å². The Bertz CT molecular complexity index is 1600. The summed E-state index contributed by atoms with van der Waals surface area (Å²) in [6, 6.07) is 17.3. The highest BCUT2D eigenvalue weighted by Crippen LogP contribution is 2.33. The number of hydrogen-bond donors (Lipinski definition) is 2. The minimum absolute atomic E-state index is 0.258. The third-order valence-electron chi connectivity index (χ3n) is 5.55. The minimum Gasteiger partial charge on any atom is -0.457 e. The van der Waals surface area contributed by atoms with Crippen molar-refractivity contribution in [3.8, 4) is 22.6 Å². The Morgan fingerprint density at radius 1 is 1.00 bits per heavy atom. The summed E-state index contributed by atoms with van der Waals surface area (Å²) in [5.41, 5.74) is 3.35. The fourth-order valence-corrected chi connectivity index (χ4v) is 3.96. The average molecular weight is 503 g/mol. The molecule has 10 heteroatoms. The lowest BCUT2D eigenvalue weighted by Crippen LogP contribution is -2.18. The largest absolute Gasteiger partial charge is 0.457 e. The number of amides is 1. The molecule has 180 valence electrons. The fraction of sp³-hybridized carbons (Fsp3) is 0.0769. The van der Waals surface area contributed by atoms with E-state index in [2.05, 4.69) is 25.6 Å². The molecule has 36 heavy (non-hydrogen) atoms. The van der Waals surface area contributed by atoms with Gasteiger partial charge in [0.05, 0.1) is 11.0 Å². The zero-order chi connectivity index (χ0) is 25.2. The number of nitrogens with one attached hydrogen (secondary N) is 2. The number of aryl methyl sites for hydroxylation is 1. The van der Waals surface area contributed by atoms with E-state index in [0.29, 0.717) is 44.8 Å². The normalized spacial score (nSPS) is 10.9. The number of carbonyl (C=O) groups excluding carboxylic acids is 1. The first-order valence-corrected chi connectivity index (χ1v) is 11.3. The van der Waals surface area contributed by atoms with Gasteiger partial charge in [-0.05, 0) is 48.5 Å². The molecule has 0 aliphatic rings. The van der Waals surface area contributed by atoms with Crippen LogP contribution in [0.15, 0.2) is 73.1 Å². The van der Waals surface area contributed by atoms with Crippen LogP contribution in [-0.2, 0) is 7.05 Å². The zero-order valence-electron chi connectivity index (χ0n) is 19.3. The standard InChI is InChI=1S/C26H20ClFN6O2/c1-29-25(35)22-14-17(9-11-30-22)36-16-6-8-23-21(13-16)33-26(34(23)2)32-15-5-7-20(27)19(12-15)18-4-3-10-31-24(18)28/h3-14H,1-2H3,(H,29,35)(H,32,33). The van der Waals surface area contributed by atoms with Crippen LogP contribution in [0.3, 0.4) is 0 Å². The number of pyridine rings is 2. The van der Waals surface area contributed by atoms with Crippen LogP contribution < -0.4 is 15.4 Å². The van der Waals surface area contributed by atoms with Crippen LogP contribution in [0, 0.1) is 5.95 Å². The number of hydrogen-bond acceptors (Lipinski definition) is 6. The van der Waals surface area contributed by atoms with Crippen molar-refractivity contribution in [2.75, 3.05) is 12.4 Å². The van der Waals surface area contributed by atoms with E-state index in [-0.39, 0.29) is 11.6 Å². The predicted molar refractivity (Wildman–Crippen MR) is 136 cm³/mol.